The zero-order valence-electron chi connectivity index (χ0n) is 18.4. The predicted octanol–water partition coefficient (Wildman–Crippen LogP) is 4.97. The lowest BCUT2D eigenvalue weighted by Gasteiger charge is -2.29. The third-order valence-corrected chi connectivity index (χ3v) is 6.37. The molecule has 0 bridgehead atoms. The van der Waals surface area contributed by atoms with Crippen LogP contribution in [0.1, 0.15) is 41.5 Å². The van der Waals surface area contributed by atoms with Crippen molar-refractivity contribution in [3.8, 4) is 0 Å². The van der Waals surface area contributed by atoms with E-state index in [0.717, 1.165) is 28.0 Å². The number of rotatable bonds is 5. The Bertz CT molecular complexity index is 1330. The summed E-state index contributed by atoms with van der Waals surface area (Å²) in [5.41, 5.74) is 3.81. The summed E-state index contributed by atoms with van der Waals surface area (Å²) in [7, 11) is 0. The van der Waals surface area contributed by atoms with E-state index in [1.54, 1.807) is 16.7 Å². The fraction of sp³-hybridized carbons (Fsp3) is 0.320. The second-order valence-corrected chi connectivity index (χ2v) is 8.81. The zero-order chi connectivity index (χ0) is 22.9. The van der Waals surface area contributed by atoms with Crippen molar-refractivity contribution in [2.24, 2.45) is 0 Å². The Balaban J connectivity index is 1.33. The minimum absolute atomic E-state index is 0.188. The molecule has 1 N–H and O–H groups in total. The molecule has 4 aromatic rings. The molecule has 6 nitrogen and oxygen atoms in total. The van der Waals surface area contributed by atoms with Gasteiger partial charge in [-0.2, -0.15) is 0 Å². The van der Waals surface area contributed by atoms with Gasteiger partial charge in [-0.15, -0.1) is 0 Å². The first-order valence-electron chi connectivity index (χ1n) is 11.2. The molecule has 1 fully saturated rings. The maximum Gasteiger partial charge on any atom is 0.270 e. The van der Waals surface area contributed by atoms with Gasteiger partial charge in [-0.3, -0.25) is 9.20 Å². The highest BCUT2D eigenvalue weighted by atomic mass is 35.5. The molecule has 5 rings (SSSR count). The number of amides is 1. The average molecular weight is 466 g/mol. The number of aromatic nitrogens is 3. The van der Waals surface area contributed by atoms with Gasteiger partial charge in [0.05, 0.1) is 16.2 Å². The standard InChI is InChI=1S/C25H25ClFN5O/c1-2-20-24(32-15-18(26)5-8-23(32)29-20)25(33)28-14-16-3-6-21-17(13-16)4-7-22(30-21)31-11-9-19(27)10-12-31/h3-8,13,15,19H,2,9-12,14H2,1H3,(H,28,33). The smallest absolute Gasteiger partial charge is 0.270 e. The molecular formula is C25H25ClFN5O. The summed E-state index contributed by atoms with van der Waals surface area (Å²) in [6.45, 7) is 3.75. The van der Waals surface area contributed by atoms with E-state index in [0.29, 0.717) is 55.3 Å². The Kier molecular flexibility index (Phi) is 5.89. The Labute approximate surface area is 196 Å². The number of pyridine rings is 2. The molecule has 1 aromatic carbocycles. The number of carbonyl (C=O) groups excluding carboxylic acids is 1. The molecule has 0 aliphatic carbocycles. The molecule has 170 valence electrons. The van der Waals surface area contributed by atoms with Crippen LogP contribution in [0.2, 0.25) is 5.02 Å². The number of benzene rings is 1. The Morgan fingerprint density at radius 2 is 1.97 bits per heavy atom. The second-order valence-electron chi connectivity index (χ2n) is 8.38. The van der Waals surface area contributed by atoms with Crippen molar-refractivity contribution in [3.63, 3.8) is 0 Å². The quantitative estimate of drug-likeness (QED) is 0.452. The summed E-state index contributed by atoms with van der Waals surface area (Å²) < 4.78 is 15.2. The number of alkyl halides is 1. The molecular weight excluding hydrogens is 441 g/mol. The maximum atomic E-state index is 13.4. The molecule has 3 aromatic heterocycles. The van der Waals surface area contributed by atoms with E-state index in [-0.39, 0.29) is 5.91 Å². The molecule has 0 radical (unpaired) electrons. The third kappa shape index (κ3) is 4.37. The number of hydrogen-bond acceptors (Lipinski definition) is 4. The van der Waals surface area contributed by atoms with E-state index in [2.05, 4.69) is 15.2 Å². The van der Waals surface area contributed by atoms with E-state index in [9.17, 15) is 9.18 Å². The first-order valence-corrected chi connectivity index (χ1v) is 11.6. The topological polar surface area (TPSA) is 62.5 Å². The molecule has 1 aliphatic rings. The van der Waals surface area contributed by atoms with Crippen LogP contribution in [0.3, 0.4) is 0 Å². The minimum Gasteiger partial charge on any atom is -0.356 e. The molecule has 0 saturated carbocycles. The summed E-state index contributed by atoms with van der Waals surface area (Å²) in [6, 6.07) is 13.6. The molecule has 33 heavy (non-hydrogen) atoms. The van der Waals surface area contributed by atoms with E-state index in [1.165, 1.54) is 0 Å². The predicted molar refractivity (Wildman–Crippen MR) is 129 cm³/mol. The van der Waals surface area contributed by atoms with Crippen LogP contribution < -0.4 is 10.2 Å². The summed E-state index contributed by atoms with van der Waals surface area (Å²) in [6.07, 6.45) is 2.76. The summed E-state index contributed by atoms with van der Waals surface area (Å²) >= 11 is 6.14. The molecule has 0 atom stereocenters. The Hall–Kier alpha value is -3.19. The van der Waals surface area contributed by atoms with E-state index >= 15 is 0 Å². The molecule has 1 saturated heterocycles. The fourth-order valence-corrected chi connectivity index (χ4v) is 4.51. The van der Waals surface area contributed by atoms with Crippen LogP contribution in [0.15, 0.2) is 48.7 Å². The molecule has 0 spiro atoms. The number of anilines is 1. The lowest BCUT2D eigenvalue weighted by molar-refractivity contribution is 0.0944. The number of nitrogens with zero attached hydrogens (tertiary/aromatic N) is 4. The van der Waals surface area contributed by atoms with Crippen LogP contribution in [0.5, 0.6) is 0 Å². The Morgan fingerprint density at radius 3 is 2.76 bits per heavy atom. The van der Waals surface area contributed by atoms with Crippen molar-refractivity contribution in [2.75, 3.05) is 18.0 Å². The van der Waals surface area contributed by atoms with Crippen LogP contribution in [-0.2, 0) is 13.0 Å². The van der Waals surface area contributed by atoms with Gasteiger partial charge in [0.2, 0.25) is 0 Å². The minimum atomic E-state index is -0.703. The first-order chi connectivity index (χ1) is 16.0. The average Bonchev–Trinajstić information content (AvgIpc) is 3.20. The number of hydrogen-bond donors (Lipinski definition) is 1. The number of nitrogens with one attached hydrogen (secondary N) is 1. The molecule has 0 unspecified atom stereocenters. The van der Waals surface area contributed by atoms with Gasteiger partial charge in [0.15, 0.2) is 0 Å². The van der Waals surface area contributed by atoms with Crippen LogP contribution >= 0.6 is 11.6 Å². The van der Waals surface area contributed by atoms with Gasteiger partial charge in [0.1, 0.15) is 23.3 Å². The van der Waals surface area contributed by atoms with E-state index in [1.807, 2.05) is 43.3 Å². The van der Waals surface area contributed by atoms with Crippen LogP contribution in [0.25, 0.3) is 16.6 Å². The van der Waals surface area contributed by atoms with Crippen molar-refractivity contribution in [1.29, 1.82) is 0 Å². The van der Waals surface area contributed by atoms with Gasteiger partial charge in [-0.25, -0.2) is 14.4 Å². The lowest BCUT2D eigenvalue weighted by atomic mass is 10.1. The fourth-order valence-electron chi connectivity index (χ4n) is 4.35. The van der Waals surface area contributed by atoms with E-state index < -0.39 is 6.17 Å². The maximum absolute atomic E-state index is 13.4. The van der Waals surface area contributed by atoms with Crippen LogP contribution in [0.4, 0.5) is 10.2 Å². The number of imidazole rings is 1. The van der Waals surface area contributed by atoms with Crippen molar-refractivity contribution in [3.05, 3.63) is 70.6 Å². The second kappa shape index (κ2) is 8.98. The zero-order valence-corrected chi connectivity index (χ0v) is 19.1. The largest absolute Gasteiger partial charge is 0.356 e. The normalized spacial score (nSPS) is 14.8. The lowest BCUT2D eigenvalue weighted by Crippen LogP contribution is -2.34. The van der Waals surface area contributed by atoms with Gasteiger partial charge in [-0.05, 0) is 61.2 Å². The van der Waals surface area contributed by atoms with Gasteiger partial charge in [-0.1, -0.05) is 24.6 Å². The van der Waals surface area contributed by atoms with Gasteiger partial charge >= 0.3 is 0 Å². The van der Waals surface area contributed by atoms with Crippen LogP contribution in [-0.4, -0.2) is 39.5 Å². The van der Waals surface area contributed by atoms with E-state index in [4.69, 9.17) is 16.6 Å². The highest BCUT2D eigenvalue weighted by Crippen LogP contribution is 2.23. The number of carbonyl (C=O) groups is 1. The van der Waals surface area contributed by atoms with Crippen molar-refractivity contribution in [2.45, 2.75) is 38.9 Å². The molecule has 8 heteroatoms. The highest BCUT2D eigenvalue weighted by molar-refractivity contribution is 6.30. The molecule has 1 aliphatic heterocycles. The summed E-state index contributed by atoms with van der Waals surface area (Å²) in [4.78, 5) is 24.5. The van der Waals surface area contributed by atoms with Crippen LogP contribution in [0, 0.1) is 0 Å². The first kappa shape index (κ1) is 21.6. The Morgan fingerprint density at radius 1 is 1.15 bits per heavy atom. The highest BCUT2D eigenvalue weighted by Gasteiger charge is 2.20. The van der Waals surface area contributed by atoms with Gasteiger partial charge < -0.3 is 10.2 Å². The van der Waals surface area contributed by atoms with Crippen molar-refractivity contribution >= 4 is 39.9 Å². The molecule has 4 heterocycles. The number of aryl methyl sites for hydroxylation is 1. The third-order valence-electron chi connectivity index (χ3n) is 6.15. The number of halogens is 2. The van der Waals surface area contributed by atoms with Gasteiger partial charge in [0.25, 0.3) is 5.91 Å². The summed E-state index contributed by atoms with van der Waals surface area (Å²) in [5, 5.41) is 4.56. The number of fused-ring (bicyclic) bond motifs is 2. The SMILES string of the molecule is CCc1nc2ccc(Cl)cn2c1C(=O)NCc1ccc2nc(N3CCC(F)CC3)ccc2c1. The van der Waals surface area contributed by atoms with Crippen molar-refractivity contribution < 1.29 is 9.18 Å². The monoisotopic (exact) mass is 465 g/mol. The van der Waals surface area contributed by atoms with Gasteiger partial charge in [0, 0.05) is 31.2 Å². The number of piperidine rings is 1. The van der Waals surface area contributed by atoms with Crippen molar-refractivity contribution in [1.82, 2.24) is 19.7 Å². The summed E-state index contributed by atoms with van der Waals surface area (Å²) in [5.74, 6) is 0.695. The molecule has 1 amide bonds.